The van der Waals surface area contributed by atoms with Crippen molar-refractivity contribution in [3.05, 3.63) is 30.0 Å². The number of nitrogens with zero attached hydrogens (tertiary/aromatic N) is 3. The second kappa shape index (κ2) is 7.33. The molecule has 0 radical (unpaired) electrons. The summed E-state index contributed by atoms with van der Waals surface area (Å²) >= 11 is 1.90. The standard InChI is InChI=1S/C16H24N4OS/c1-12(16-19-18-11-20(16)2)17-10-13-8-9-15(21-13)22-14-6-4-3-5-7-14/h8-9,11-12,14,17H,3-7,10H2,1-2H3. The molecule has 0 bridgehead atoms. The molecule has 2 heterocycles. The fourth-order valence-corrected chi connectivity index (χ4v) is 4.09. The fraction of sp³-hybridized carbons (Fsp3) is 0.625. The van der Waals surface area contributed by atoms with E-state index in [2.05, 4.69) is 34.6 Å². The van der Waals surface area contributed by atoms with E-state index < -0.39 is 0 Å². The minimum absolute atomic E-state index is 0.145. The number of rotatable bonds is 6. The smallest absolute Gasteiger partial charge is 0.160 e. The van der Waals surface area contributed by atoms with Crippen molar-refractivity contribution < 1.29 is 4.42 Å². The lowest BCUT2D eigenvalue weighted by atomic mass is 10.0. The zero-order chi connectivity index (χ0) is 15.4. The second-order valence-electron chi connectivity index (χ2n) is 6.00. The summed E-state index contributed by atoms with van der Waals surface area (Å²) in [5.41, 5.74) is 0. The van der Waals surface area contributed by atoms with Gasteiger partial charge in [-0.3, -0.25) is 0 Å². The van der Waals surface area contributed by atoms with Crippen molar-refractivity contribution in [3.63, 3.8) is 0 Å². The molecule has 1 fully saturated rings. The van der Waals surface area contributed by atoms with Crippen LogP contribution in [0.1, 0.15) is 56.7 Å². The number of aromatic nitrogens is 3. The quantitative estimate of drug-likeness (QED) is 0.880. The van der Waals surface area contributed by atoms with Crippen LogP contribution >= 0.6 is 11.8 Å². The van der Waals surface area contributed by atoms with Gasteiger partial charge in [0, 0.05) is 12.3 Å². The molecule has 0 amide bonds. The van der Waals surface area contributed by atoms with Gasteiger partial charge in [0.25, 0.3) is 0 Å². The van der Waals surface area contributed by atoms with E-state index in [-0.39, 0.29) is 6.04 Å². The molecule has 0 spiro atoms. The van der Waals surface area contributed by atoms with E-state index in [1.165, 1.54) is 32.1 Å². The average Bonchev–Trinajstić information content (AvgIpc) is 3.15. The summed E-state index contributed by atoms with van der Waals surface area (Å²) in [6, 6.07) is 4.32. The summed E-state index contributed by atoms with van der Waals surface area (Å²) in [5, 5.41) is 13.3. The molecule has 1 saturated carbocycles. The predicted molar refractivity (Wildman–Crippen MR) is 87.7 cm³/mol. The molecule has 1 aliphatic rings. The maximum atomic E-state index is 5.94. The van der Waals surface area contributed by atoms with E-state index in [0.717, 1.165) is 21.9 Å². The van der Waals surface area contributed by atoms with Gasteiger partial charge in [0.2, 0.25) is 0 Å². The van der Waals surface area contributed by atoms with Crippen LogP contribution in [0.15, 0.2) is 28.0 Å². The Morgan fingerprint density at radius 2 is 2.18 bits per heavy atom. The monoisotopic (exact) mass is 320 g/mol. The average molecular weight is 320 g/mol. The van der Waals surface area contributed by atoms with Crippen LogP contribution in [0.25, 0.3) is 0 Å². The van der Waals surface area contributed by atoms with Gasteiger partial charge < -0.3 is 14.3 Å². The van der Waals surface area contributed by atoms with Gasteiger partial charge in [-0.2, -0.15) is 0 Å². The molecule has 5 nitrogen and oxygen atoms in total. The van der Waals surface area contributed by atoms with Crippen molar-refractivity contribution >= 4 is 11.8 Å². The van der Waals surface area contributed by atoms with Gasteiger partial charge in [-0.25, -0.2) is 0 Å². The molecule has 120 valence electrons. The molecule has 0 aromatic carbocycles. The number of hydrogen-bond donors (Lipinski definition) is 1. The summed E-state index contributed by atoms with van der Waals surface area (Å²) < 4.78 is 7.88. The van der Waals surface area contributed by atoms with Crippen LogP contribution in [0.4, 0.5) is 0 Å². The Kier molecular flexibility index (Phi) is 5.20. The number of aryl methyl sites for hydroxylation is 1. The first kappa shape index (κ1) is 15.6. The van der Waals surface area contributed by atoms with Crippen LogP contribution in [-0.4, -0.2) is 20.0 Å². The lowest BCUT2D eigenvalue weighted by Gasteiger charge is -2.19. The summed E-state index contributed by atoms with van der Waals surface area (Å²) in [5.74, 6) is 1.91. The van der Waals surface area contributed by atoms with Crippen molar-refractivity contribution in [2.24, 2.45) is 7.05 Å². The third-order valence-corrected chi connectivity index (χ3v) is 5.44. The summed E-state index contributed by atoms with van der Waals surface area (Å²) in [7, 11) is 1.96. The first-order valence-corrected chi connectivity index (χ1v) is 8.93. The van der Waals surface area contributed by atoms with Gasteiger partial charge in [0.05, 0.1) is 12.6 Å². The molecule has 1 aliphatic carbocycles. The van der Waals surface area contributed by atoms with Crippen molar-refractivity contribution in [2.45, 2.75) is 62.0 Å². The molecule has 2 aromatic rings. The van der Waals surface area contributed by atoms with Gasteiger partial charge >= 0.3 is 0 Å². The Balaban J connectivity index is 1.50. The molecule has 0 aliphatic heterocycles. The maximum Gasteiger partial charge on any atom is 0.160 e. The lowest BCUT2D eigenvalue weighted by Crippen LogP contribution is -2.20. The van der Waals surface area contributed by atoms with Crippen LogP contribution in [0.2, 0.25) is 0 Å². The zero-order valence-corrected chi connectivity index (χ0v) is 14.1. The minimum Gasteiger partial charge on any atom is -0.454 e. The van der Waals surface area contributed by atoms with Gasteiger partial charge in [0.15, 0.2) is 5.09 Å². The Morgan fingerprint density at radius 3 is 2.91 bits per heavy atom. The largest absolute Gasteiger partial charge is 0.454 e. The number of furan rings is 1. The normalized spacial score (nSPS) is 17.7. The van der Waals surface area contributed by atoms with E-state index in [1.807, 2.05) is 23.4 Å². The van der Waals surface area contributed by atoms with Crippen LogP contribution < -0.4 is 5.32 Å². The summed E-state index contributed by atoms with van der Waals surface area (Å²) in [6.07, 6.45) is 8.48. The van der Waals surface area contributed by atoms with Crippen molar-refractivity contribution in [2.75, 3.05) is 0 Å². The van der Waals surface area contributed by atoms with E-state index in [1.54, 1.807) is 6.33 Å². The molecule has 1 unspecified atom stereocenters. The highest BCUT2D eigenvalue weighted by Gasteiger charge is 2.17. The van der Waals surface area contributed by atoms with E-state index >= 15 is 0 Å². The molecular weight excluding hydrogens is 296 g/mol. The Hall–Kier alpha value is -1.27. The van der Waals surface area contributed by atoms with Crippen LogP contribution in [0.5, 0.6) is 0 Å². The number of thioether (sulfide) groups is 1. The molecule has 2 aromatic heterocycles. The van der Waals surface area contributed by atoms with Crippen LogP contribution in [-0.2, 0) is 13.6 Å². The number of hydrogen-bond acceptors (Lipinski definition) is 5. The van der Waals surface area contributed by atoms with Gasteiger partial charge in [-0.05, 0) is 31.9 Å². The topological polar surface area (TPSA) is 55.9 Å². The molecule has 22 heavy (non-hydrogen) atoms. The highest BCUT2D eigenvalue weighted by molar-refractivity contribution is 7.99. The van der Waals surface area contributed by atoms with Crippen LogP contribution in [0.3, 0.4) is 0 Å². The predicted octanol–water partition coefficient (Wildman–Crippen LogP) is 3.68. The lowest BCUT2D eigenvalue weighted by molar-refractivity contribution is 0.399. The van der Waals surface area contributed by atoms with Crippen molar-refractivity contribution in [1.29, 1.82) is 0 Å². The first-order chi connectivity index (χ1) is 10.7. The van der Waals surface area contributed by atoms with Crippen LogP contribution in [0, 0.1) is 0 Å². The number of nitrogens with one attached hydrogen (secondary N) is 1. The highest BCUT2D eigenvalue weighted by atomic mass is 32.2. The van der Waals surface area contributed by atoms with E-state index in [0.29, 0.717) is 6.54 Å². The maximum absolute atomic E-state index is 5.94. The zero-order valence-electron chi connectivity index (χ0n) is 13.3. The second-order valence-corrected chi connectivity index (χ2v) is 7.31. The van der Waals surface area contributed by atoms with Crippen molar-refractivity contribution in [1.82, 2.24) is 20.1 Å². The van der Waals surface area contributed by atoms with Gasteiger partial charge in [-0.15, -0.1) is 10.2 Å². The summed E-state index contributed by atoms with van der Waals surface area (Å²) in [4.78, 5) is 0. The minimum atomic E-state index is 0.145. The highest BCUT2D eigenvalue weighted by Crippen LogP contribution is 2.34. The van der Waals surface area contributed by atoms with Gasteiger partial charge in [0.1, 0.15) is 17.9 Å². The Labute approximate surface area is 135 Å². The molecule has 3 rings (SSSR count). The van der Waals surface area contributed by atoms with E-state index in [4.69, 9.17) is 4.42 Å². The fourth-order valence-electron chi connectivity index (χ4n) is 2.89. The summed E-state index contributed by atoms with van der Waals surface area (Å²) in [6.45, 7) is 2.80. The molecule has 0 saturated heterocycles. The SMILES string of the molecule is CC(NCc1ccc(SC2CCCCC2)o1)c1nncn1C. The van der Waals surface area contributed by atoms with Crippen molar-refractivity contribution in [3.8, 4) is 0 Å². The Bertz CT molecular complexity index is 588. The molecule has 6 heteroatoms. The molecule has 1 atom stereocenters. The third-order valence-electron chi connectivity index (χ3n) is 4.19. The van der Waals surface area contributed by atoms with E-state index in [9.17, 15) is 0 Å². The molecule has 1 N–H and O–H groups in total. The Morgan fingerprint density at radius 1 is 1.36 bits per heavy atom. The van der Waals surface area contributed by atoms with Gasteiger partial charge in [-0.1, -0.05) is 31.0 Å². The third kappa shape index (κ3) is 3.93. The first-order valence-electron chi connectivity index (χ1n) is 8.05. The molecular formula is C16H24N4OS.